The summed E-state index contributed by atoms with van der Waals surface area (Å²) in [5.74, 6) is 3.83. The molecule has 2 aromatic rings. The van der Waals surface area contributed by atoms with E-state index in [1.54, 1.807) is 24.3 Å². The summed E-state index contributed by atoms with van der Waals surface area (Å²) in [7, 11) is 2.66. The van der Waals surface area contributed by atoms with E-state index in [1.807, 2.05) is 24.3 Å². The molecular formula is C25H28N4O5. The Hall–Kier alpha value is -3.71. The first-order chi connectivity index (χ1) is 16.3. The van der Waals surface area contributed by atoms with Crippen molar-refractivity contribution in [2.45, 2.75) is 25.0 Å². The number of amides is 3. The number of likely N-dealkylation sites (N-methyl/N-ethyl adjacent to an activating group) is 2. The third kappa shape index (κ3) is 5.43. The molecule has 9 nitrogen and oxygen atoms in total. The molecule has 0 aliphatic carbocycles. The van der Waals surface area contributed by atoms with E-state index in [0.717, 1.165) is 30.2 Å². The molecule has 2 aromatic carbocycles. The topological polar surface area (TPSA) is 120 Å². The average molecular weight is 465 g/mol. The number of nitrogens with zero attached hydrogens (tertiary/aromatic N) is 1. The van der Waals surface area contributed by atoms with Crippen LogP contribution in [0.3, 0.4) is 0 Å². The van der Waals surface area contributed by atoms with E-state index in [1.165, 1.54) is 32.1 Å². The minimum absolute atomic E-state index is 0.266. The number of hydrogen-bond donors (Lipinski definition) is 4. The highest BCUT2D eigenvalue weighted by Gasteiger charge is 2.47. The van der Waals surface area contributed by atoms with Crippen LogP contribution in [0, 0.1) is 11.8 Å². The monoisotopic (exact) mass is 464 g/mol. The lowest BCUT2D eigenvalue weighted by molar-refractivity contribution is -0.148. The number of nitrogens with one attached hydrogen (secondary N) is 3. The van der Waals surface area contributed by atoms with E-state index < -0.39 is 23.3 Å². The van der Waals surface area contributed by atoms with Crippen LogP contribution in [0.25, 0.3) is 0 Å². The van der Waals surface area contributed by atoms with Gasteiger partial charge in [-0.1, -0.05) is 24.0 Å². The van der Waals surface area contributed by atoms with Gasteiger partial charge < -0.3 is 20.3 Å². The van der Waals surface area contributed by atoms with Gasteiger partial charge >= 0.3 is 0 Å². The highest BCUT2D eigenvalue weighted by molar-refractivity contribution is 6.12. The van der Waals surface area contributed by atoms with Gasteiger partial charge in [0.2, 0.25) is 0 Å². The fourth-order valence-electron chi connectivity index (χ4n) is 3.32. The Morgan fingerprint density at radius 3 is 2.06 bits per heavy atom. The van der Waals surface area contributed by atoms with Gasteiger partial charge in [0, 0.05) is 37.3 Å². The third-order valence-electron chi connectivity index (χ3n) is 5.86. The second kappa shape index (κ2) is 10.9. The molecule has 1 unspecified atom stereocenters. The quantitative estimate of drug-likeness (QED) is 0.207. The second-order valence-corrected chi connectivity index (χ2v) is 8.10. The van der Waals surface area contributed by atoms with E-state index in [0.29, 0.717) is 11.6 Å². The smallest absolute Gasteiger partial charge is 0.278 e. The Bertz CT molecular complexity index is 1080. The van der Waals surface area contributed by atoms with Crippen molar-refractivity contribution in [3.63, 3.8) is 0 Å². The first-order valence-electron chi connectivity index (χ1n) is 10.8. The number of hydrogen-bond acceptors (Lipinski definition) is 6. The lowest BCUT2D eigenvalue weighted by atomic mass is 9.96. The molecule has 0 saturated carbocycles. The summed E-state index contributed by atoms with van der Waals surface area (Å²) in [5, 5.41) is 14.8. The lowest BCUT2D eigenvalue weighted by Crippen LogP contribution is -2.64. The van der Waals surface area contributed by atoms with E-state index in [2.05, 4.69) is 22.5 Å². The van der Waals surface area contributed by atoms with E-state index in [-0.39, 0.29) is 5.56 Å². The molecule has 1 aliphatic rings. The van der Waals surface area contributed by atoms with Crippen molar-refractivity contribution in [2.75, 3.05) is 27.3 Å². The molecule has 3 amide bonds. The van der Waals surface area contributed by atoms with Crippen LogP contribution in [-0.2, 0) is 20.9 Å². The molecule has 0 spiro atoms. The summed E-state index contributed by atoms with van der Waals surface area (Å²) in [4.78, 5) is 38.3. The van der Waals surface area contributed by atoms with Gasteiger partial charge in [-0.05, 0) is 48.9 Å². The second-order valence-electron chi connectivity index (χ2n) is 8.10. The lowest BCUT2D eigenvalue weighted by Gasteiger charge is -2.34. The fraction of sp³-hybridized carbons (Fsp3) is 0.320. The maximum atomic E-state index is 12.9. The zero-order chi connectivity index (χ0) is 24.7. The SMILES string of the molecule is CNC(=O)C(C)(C(=O)NO)N(C)C(=O)c1ccc(C#Cc2ccc(CNC3COC3)cc2)cc1. The Kier molecular flexibility index (Phi) is 8.02. The largest absolute Gasteiger partial charge is 0.378 e. The van der Waals surface area contributed by atoms with Crippen LogP contribution < -0.4 is 16.1 Å². The van der Waals surface area contributed by atoms with Gasteiger partial charge in [0.25, 0.3) is 17.7 Å². The van der Waals surface area contributed by atoms with Gasteiger partial charge in [0.05, 0.1) is 19.3 Å². The van der Waals surface area contributed by atoms with Crippen molar-refractivity contribution in [1.29, 1.82) is 0 Å². The molecule has 1 heterocycles. The molecule has 178 valence electrons. The van der Waals surface area contributed by atoms with Crippen LogP contribution in [0.15, 0.2) is 48.5 Å². The number of carbonyl (C=O) groups excluding carboxylic acids is 3. The number of carbonyl (C=O) groups is 3. The zero-order valence-electron chi connectivity index (χ0n) is 19.3. The zero-order valence-corrected chi connectivity index (χ0v) is 19.3. The van der Waals surface area contributed by atoms with Crippen LogP contribution in [0.1, 0.15) is 34.0 Å². The number of rotatable bonds is 7. The minimum atomic E-state index is -1.94. The van der Waals surface area contributed by atoms with Crippen LogP contribution in [0.2, 0.25) is 0 Å². The highest BCUT2D eigenvalue weighted by Crippen LogP contribution is 2.18. The Morgan fingerprint density at radius 2 is 1.59 bits per heavy atom. The normalized spacial score (nSPS) is 14.6. The molecular weight excluding hydrogens is 436 g/mol. The Morgan fingerprint density at radius 1 is 1.03 bits per heavy atom. The van der Waals surface area contributed by atoms with Gasteiger partial charge in [-0.3, -0.25) is 19.6 Å². The Balaban J connectivity index is 1.66. The molecule has 1 aliphatic heterocycles. The predicted octanol–water partition coefficient (Wildman–Crippen LogP) is 0.657. The van der Waals surface area contributed by atoms with Gasteiger partial charge in [-0.2, -0.15) is 0 Å². The molecule has 1 saturated heterocycles. The summed E-state index contributed by atoms with van der Waals surface area (Å²) in [6, 6.07) is 14.9. The molecule has 3 rings (SSSR count). The fourth-order valence-corrected chi connectivity index (χ4v) is 3.32. The number of ether oxygens (including phenoxy) is 1. The van der Waals surface area contributed by atoms with Gasteiger partial charge in [-0.25, -0.2) is 5.48 Å². The predicted molar refractivity (Wildman–Crippen MR) is 125 cm³/mol. The average Bonchev–Trinajstić information content (AvgIpc) is 2.85. The molecule has 9 heteroatoms. The number of benzene rings is 2. The molecule has 4 N–H and O–H groups in total. The summed E-state index contributed by atoms with van der Waals surface area (Å²) in [6.45, 7) is 3.55. The van der Waals surface area contributed by atoms with Gasteiger partial charge in [-0.15, -0.1) is 0 Å². The molecule has 1 fully saturated rings. The van der Waals surface area contributed by atoms with E-state index in [9.17, 15) is 14.4 Å². The maximum absolute atomic E-state index is 12.9. The van der Waals surface area contributed by atoms with Crippen molar-refractivity contribution in [3.8, 4) is 11.8 Å². The molecule has 0 bridgehead atoms. The summed E-state index contributed by atoms with van der Waals surface area (Å²) in [5.41, 5.74) is 2.52. The standard InChI is InChI=1S/C25H28N4O5/c1-25(23(31)26-2,24(32)28-33)29(3)22(30)20-12-10-18(11-13-20)5-4-17-6-8-19(9-7-17)14-27-21-15-34-16-21/h6-13,21,27,33H,14-16H2,1-3H3,(H,26,31)(H,28,32). The molecule has 0 radical (unpaired) electrons. The van der Waals surface area contributed by atoms with Gasteiger partial charge in [0.1, 0.15) is 0 Å². The van der Waals surface area contributed by atoms with Crippen molar-refractivity contribution < 1.29 is 24.3 Å². The summed E-state index contributed by atoms with van der Waals surface area (Å²) in [6.07, 6.45) is 0. The molecule has 1 atom stereocenters. The first-order valence-corrected chi connectivity index (χ1v) is 10.8. The van der Waals surface area contributed by atoms with Crippen molar-refractivity contribution in [2.24, 2.45) is 0 Å². The van der Waals surface area contributed by atoms with Gasteiger partial charge in [0.15, 0.2) is 5.54 Å². The third-order valence-corrected chi connectivity index (χ3v) is 5.86. The molecule has 0 aromatic heterocycles. The van der Waals surface area contributed by atoms with Crippen LogP contribution in [-0.4, -0.2) is 66.7 Å². The molecule has 34 heavy (non-hydrogen) atoms. The van der Waals surface area contributed by atoms with Crippen molar-refractivity contribution in [1.82, 2.24) is 21.0 Å². The summed E-state index contributed by atoms with van der Waals surface area (Å²) >= 11 is 0. The van der Waals surface area contributed by atoms with Crippen molar-refractivity contribution in [3.05, 3.63) is 70.8 Å². The summed E-state index contributed by atoms with van der Waals surface area (Å²) < 4.78 is 5.15. The van der Waals surface area contributed by atoms with E-state index >= 15 is 0 Å². The van der Waals surface area contributed by atoms with Crippen molar-refractivity contribution >= 4 is 17.7 Å². The minimum Gasteiger partial charge on any atom is -0.378 e. The van der Waals surface area contributed by atoms with E-state index in [4.69, 9.17) is 9.94 Å². The van der Waals surface area contributed by atoms with Crippen LogP contribution >= 0.6 is 0 Å². The van der Waals surface area contributed by atoms with Crippen LogP contribution in [0.5, 0.6) is 0 Å². The highest BCUT2D eigenvalue weighted by atomic mass is 16.5. The maximum Gasteiger partial charge on any atom is 0.278 e. The number of hydroxylamine groups is 1. The van der Waals surface area contributed by atoms with Crippen LogP contribution in [0.4, 0.5) is 0 Å². The first kappa shape index (κ1) is 24.9. The Labute approximate surface area is 198 Å².